The van der Waals surface area contributed by atoms with Crippen molar-refractivity contribution >= 4 is 28.1 Å². The highest BCUT2D eigenvalue weighted by molar-refractivity contribution is 7.86. The predicted molar refractivity (Wildman–Crippen MR) is 131 cm³/mol. The molecule has 2 N–H and O–H groups in total. The third kappa shape index (κ3) is 5.48. The fourth-order valence-electron chi connectivity index (χ4n) is 4.41. The van der Waals surface area contributed by atoms with Gasteiger partial charge in [0.25, 0.3) is 6.43 Å². The van der Waals surface area contributed by atoms with Gasteiger partial charge in [0.1, 0.15) is 16.4 Å². The Morgan fingerprint density at radius 2 is 2.11 bits per heavy atom. The second kappa shape index (κ2) is 11.4. The van der Waals surface area contributed by atoms with Gasteiger partial charge in [-0.15, -0.1) is 0 Å². The minimum absolute atomic E-state index is 0.0205. The van der Waals surface area contributed by atoms with Crippen LogP contribution in [0.25, 0.3) is 5.65 Å². The molecule has 2 aliphatic heterocycles. The number of hydrogen-bond donors (Lipinski definition) is 2. The number of nitrogens with zero attached hydrogens (tertiary/aromatic N) is 5. The van der Waals surface area contributed by atoms with Crippen LogP contribution in [0.1, 0.15) is 65.0 Å². The number of nitrogens with one attached hydrogen (secondary N) is 2. The smallest absolute Gasteiger partial charge is 0.281 e. The molecule has 3 aromatic rings. The normalized spacial score (nSPS) is 21.8. The summed E-state index contributed by atoms with van der Waals surface area (Å²) in [6.45, 7) is 7.73. The first-order valence-corrected chi connectivity index (χ1v) is 13.4. The van der Waals surface area contributed by atoms with E-state index in [0.29, 0.717) is 23.2 Å². The number of morpholine rings is 1. The highest BCUT2D eigenvalue weighted by Crippen LogP contribution is 2.32. The van der Waals surface area contributed by atoms with E-state index in [1.807, 2.05) is 19.9 Å². The molecule has 3 aliphatic rings. The minimum atomic E-state index is -2.76. The van der Waals surface area contributed by atoms with Crippen LogP contribution in [0.15, 0.2) is 29.6 Å². The van der Waals surface area contributed by atoms with Crippen molar-refractivity contribution in [2.24, 2.45) is 5.92 Å². The summed E-state index contributed by atoms with van der Waals surface area (Å²) in [5, 5.41) is 9.92. The first kappa shape index (κ1) is 25.5. The minimum Gasteiger partial charge on any atom is -0.374 e. The van der Waals surface area contributed by atoms with Gasteiger partial charge < -0.3 is 9.64 Å². The van der Waals surface area contributed by atoms with Gasteiger partial charge in [0, 0.05) is 12.7 Å². The molecule has 6 rings (SSSR count). The monoisotopic (exact) mass is 509 g/mol. The summed E-state index contributed by atoms with van der Waals surface area (Å²) < 4.78 is 48.3. The Kier molecular flexibility index (Phi) is 8.32. The van der Waals surface area contributed by atoms with Crippen LogP contribution in [0, 0.1) is 5.92 Å². The Balaban J connectivity index is 0.000000313. The maximum Gasteiger partial charge on any atom is 0.281 e. The van der Waals surface area contributed by atoms with Crippen molar-refractivity contribution in [3.05, 3.63) is 30.4 Å². The van der Waals surface area contributed by atoms with Crippen molar-refractivity contribution in [2.75, 3.05) is 22.8 Å². The van der Waals surface area contributed by atoms with Gasteiger partial charge in [0.15, 0.2) is 16.6 Å². The Bertz CT molecular complexity index is 1130. The molecule has 192 valence electrons. The number of aromatic nitrogens is 5. The fourth-order valence-corrected chi connectivity index (χ4v) is 5.33. The van der Waals surface area contributed by atoms with Gasteiger partial charge in [0.2, 0.25) is 0 Å². The highest BCUT2D eigenvalue weighted by Gasteiger charge is 2.39. The molecule has 0 aromatic carbocycles. The molecular weight excluding hydrogens is 476 g/mol. The average Bonchev–Trinajstić information content (AvgIpc) is 3.63. The largest absolute Gasteiger partial charge is 0.374 e. The maximum absolute atomic E-state index is 13.0. The lowest BCUT2D eigenvalue weighted by molar-refractivity contribution is 0.0989. The number of rotatable bonds is 6. The van der Waals surface area contributed by atoms with E-state index in [2.05, 4.69) is 36.8 Å². The van der Waals surface area contributed by atoms with Gasteiger partial charge in [-0.2, -0.15) is 10.2 Å². The Morgan fingerprint density at radius 3 is 2.69 bits per heavy atom. The number of hydrogen-bond acceptors (Lipinski definition) is 6. The Hall–Kier alpha value is -2.60. The molecule has 0 radical (unpaired) electrons. The molecule has 3 aromatic heterocycles. The zero-order valence-corrected chi connectivity index (χ0v) is 21.1. The molecule has 3 atom stereocenters. The topological polar surface area (TPSA) is 100 Å². The summed E-state index contributed by atoms with van der Waals surface area (Å²) in [6, 6.07) is 2.14. The summed E-state index contributed by atoms with van der Waals surface area (Å²) in [5.74, 6) is 1.87. The van der Waals surface area contributed by atoms with Gasteiger partial charge in [-0.1, -0.05) is 46.5 Å². The number of halogens is 2. The number of ether oxygens (including phenoxy) is 1. The van der Waals surface area contributed by atoms with Crippen molar-refractivity contribution in [1.29, 1.82) is 0 Å². The summed E-state index contributed by atoms with van der Waals surface area (Å²) in [4.78, 5) is 7.09. The van der Waals surface area contributed by atoms with Gasteiger partial charge in [-0.25, -0.2) is 22.5 Å². The van der Waals surface area contributed by atoms with Crippen LogP contribution in [0.3, 0.4) is 0 Å². The first-order valence-electron chi connectivity index (χ1n) is 12.3. The third-order valence-electron chi connectivity index (χ3n) is 6.61. The number of alkyl halides is 2. The Labute approximate surface area is 206 Å². The van der Waals surface area contributed by atoms with Crippen LogP contribution in [0.2, 0.25) is 0 Å². The van der Waals surface area contributed by atoms with Crippen molar-refractivity contribution in [3.63, 3.8) is 0 Å². The van der Waals surface area contributed by atoms with Crippen molar-refractivity contribution in [3.8, 4) is 0 Å². The van der Waals surface area contributed by atoms with E-state index in [4.69, 9.17) is 4.74 Å². The predicted octanol–water partition coefficient (Wildman–Crippen LogP) is 4.72. The van der Waals surface area contributed by atoms with Gasteiger partial charge in [0.05, 0.1) is 36.8 Å². The van der Waals surface area contributed by atoms with Crippen LogP contribution >= 0.6 is 0 Å². The van der Waals surface area contributed by atoms with Crippen LogP contribution in [0.4, 0.5) is 20.3 Å². The summed E-state index contributed by atoms with van der Waals surface area (Å²) in [7, 11) is -1.83. The lowest BCUT2D eigenvalue weighted by atomic mass is 9.84. The van der Waals surface area contributed by atoms with E-state index >= 15 is 0 Å². The van der Waals surface area contributed by atoms with Gasteiger partial charge in [-0.3, -0.25) is 9.82 Å². The van der Waals surface area contributed by atoms with E-state index in [0.717, 1.165) is 24.7 Å². The van der Waals surface area contributed by atoms with Crippen molar-refractivity contribution in [2.45, 2.75) is 76.3 Å². The molecule has 9 nitrogen and oxygen atoms in total. The van der Waals surface area contributed by atoms with Crippen LogP contribution in [-0.2, 0) is 15.7 Å². The van der Waals surface area contributed by atoms with E-state index in [1.54, 1.807) is 6.20 Å². The molecule has 2 saturated heterocycles. The fraction of sp³-hybridized carbons (Fsp3) is 0.609. The Morgan fingerprint density at radius 1 is 1.31 bits per heavy atom. The molecule has 2 unspecified atom stereocenters. The van der Waals surface area contributed by atoms with Crippen molar-refractivity contribution < 1.29 is 17.7 Å². The average molecular weight is 510 g/mol. The summed E-state index contributed by atoms with van der Waals surface area (Å²) in [6.07, 6.45) is 8.71. The van der Waals surface area contributed by atoms with Gasteiger partial charge >= 0.3 is 0 Å². The molecule has 2 bridgehead atoms. The molecule has 35 heavy (non-hydrogen) atoms. The lowest BCUT2D eigenvalue weighted by Crippen LogP contribution is -2.37. The van der Waals surface area contributed by atoms with E-state index in [9.17, 15) is 13.0 Å². The second-order valence-corrected chi connectivity index (χ2v) is 9.82. The molecule has 3 fully saturated rings. The lowest BCUT2D eigenvalue weighted by Gasteiger charge is -2.27. The molecule has 5 heterocycles. The molecule has 0 amide bonds. The third-order valence-corrected chi connectivity index (χ3v) is 7.70. The molecule has 12 heteroatoms. The van der Waals surface area contributed by atoms with Crippen molar-refractivity contribution in [1.82, 2.24) is 24.8 Å². The summed E-state index contributed by atoms with van der Waals surface area (Å²) >= 11 is 0. The second-order valence-electron chi connectivity index (χ2n) is 8.63. The van der Waals surface area contributed by atoms with E-state index in [1.165, 1.54) is 42.6 Å². The summed E-state index contributed by atoms with van der Waals surface area (Å²) in [5.41, 5.74) is -0.0291. The van der Waals surface area contributed by atoms with Crippen LogP contribution in [0.5, 0.6) is 0 Å². The standard InChI is InChI=1S/C15H15F2N7O2S.C6H12.C2H6/c16-14(17)13-10(4-18-21-13)22-27(25)11-5-19-24-2-1-12(20-15(11)24)23-6-9-3-8(23)7-26-9;1-2-6-4-3-5-6;1-2/h1-2,4-5,8-9,14,22H,3,6-7H2,(H,18,21);6H,2-5H2,1H3;1-2H3/t8-,9?,27?;;/m1../s1. The zero-order chi connectivity index (χ0) is 24.9. The molecule has 0 spiro atoms. The van der Waals surface area contributed by atoms with E-state index in [-0.39, 0.29) is 11.8 Å². The van der Waals surface area contributed by atoms with Crippen LogP contribution in [-0.4, -0.2) is 54.3 Å². The number of H-pyrrole nitrogens is 1. The van der Waals surface area contributed by atoms with Crippen LogP contribution < -0.4 is 9.62 Å². The van der Waals surface area contributed by atoms with E-state index < -0.39 is 23.1 Å². The molecule has 1 saturated carbocycles. The highest BCUT2D eigenvalue weighted by atomic mass is 32.2. The maximum atomic E-state index is 13.0. The first-order chi connectivity index (χ1) is 17.0. The SMILES string of the molecule is CC.CCC1CCC1.O=S(Nc1cn[nH]c1C(F)F)c1cnn2ccc(N3CC4C[C@@H]3CO4)nc12. The molecular formula is C23H33F2N7O2S. The number of fused-ring (bicyclic) bond motifs is 3. The quantitative estimate of drug-likeness (QED) is 0.499. The molecule has 1 aliphatic carbocycles. The zero-order valence-electron chi connectivity index (χ0n) is 20.3. The number of aromatic amines is 1. The number of anilines is 2. The van der Waals surface area contributed by atoms with Gasteiger partial charge in [-0.05, 0) is 18.4 Å².